The van der Waals surface area contributed by atoms with Gasteiger partial charge in [0.25, 0.3) is 0 Å². The Morgan fingerprint density at radius 1 is 1.43 bits per heavy atom. The number of ether oxygens (including phenoxy) is 1. The number of hydrogen-bond acceptors (Lipinski definition) is 3. The SMILES string of the molecule is CCc1cc(COc2c(Cl)cccc2C(=O)O)n(CC)n1. The maximum absolute atomic E-state index is 11.2. The second-order valence-corrected chi connectivity index (χ2v) is 4.91. The molecule has 0 radical (unpaired) electrons. The largest absolute Gasteiger partial charge is 0.485 e. The number of para-hydroxylation sites is 1. The molecule has 1 N–H and O–H groups in total. The van der Waals surface area contributed by atoms with Gasteiger partial charge in [-0.05, 0) is 31.5 Å². The van der Waals surface area contributed by atoms with Gasteiger partial charge in [0.05, 0.1) is 16.4 Å². The molecule has 0 saturated carbocycles. The van der Waals surface area contributed by atoms with E-state index in [9.17, 15) is 9.90 Å². The van der Waals surface area contributed by atoms with Crippen molar-refractivity contribution in [1.29, 1.82) is 0 Å². The summed E-state index contributed by atoms with van der Waals surface area (Å²) in [6, 6.07) is 6.63. The molecule has 6 heteroatoms. The lowest BCUT2D eigenvalue weighted by atomic mass is 10.2. The quantitative estimate of drug-likeness (QED) is 0.888. The number of carboxylic acid groups (broad SMARTS) is 1. The first-order chi connectivity index (χ1) is 10.1. The molecular weight excluding hydrogens is 292 g/mol. The van der Waals surface area contributed by atoms with Crippen LogP contribution < -0.4 is 4.74 Å². The summed E-state index contributed by atoms with van der Waals surface area (Å²) in [5.41, 5.74) is 1.93. The molecule has 5 nitrogen and oxygen atoms in total. The topological polar surface area (TPSA) is 64.3 Å². The van der Waals surface area contributed by atoms with E-state index >= 15 is 0 Å². The lowest BCUT2D eigenvalue weighted by Gasteiger charge is -2.11. The number of carboxylic acids is 1. The standard InChI is InChI=1S/C15H17ClN2O3/c1-3-10-8-11(18(4-2)17-10)9-21-14-12(15(19)20)6-5-7-13(14)16/h5-8H,3-4,9H2,1-2H3,(H,19,20). The van der Waals surface area contributed by atoms with Gasteiger partial charge in [0.2, 0.25) is 0 Å². The van der Waals surface area contributed by atoms with Crippen molar-refractivity contribution in [3.05, 3.63) is 46.2 Å². The van der Waals surface area contributed by atoms with Gasteiger partial charge < -0.3 is 9.84 Å². The Morgan fingerprint density at radius 2 is 2.19 bits per heavy atom. The smallest absolute Gasteiger partial charge is 0.339 e. The Kier molecular flexibility index (Phi) is 4.85. The van der Waals surface area contributed by atoms with Crippen LogP contribution in [0.4, 0.5) is 0 Å². The first-order valence-corrected chi connectivity index (χ1v) is 7.14. The third kappa shape index (κ3) is 3.36. The molecule has 0 aliphatic rings. The van der Waals surface area contributed by atoms with Gasteiger partial charge in [-0.2, -0.15) is 5.10 Å². The minimum Gasteiger partial charge on any atom is -0.485 e. The third-order valence-electron chi connectivity index (χ3n) is 3.14. The van der Waals surface area contributed by atoms with Gasteiger partial charge in [0.1, 0.15) is 12.2 Å². The molecule has 0 amide bonds. The highest BCUT2D eigenvalue weighted by Gasteiger charge is 2.15. The molecule has 0 spiro atoms. The van der Waals surface area contributed by atoms with Crippen LogP contribution in [0.5, 0.6) is 5.75 Å². The Hall–Kier alpha value is -2.01. The third-order valence-corrected chi connectivity index (χ3v) is 3.44. The number of carbonyl (C=O) groups is 1. The van der Waals surface area contributed by atoms with Crippen LogP contribution in [0.15, 0.2) is 24.3 Å². The Balaban J connectivity index is 2.24. The normalized spacial score (nSPS) is 10.6. The monoisotopic (exact) mass is 308 g/mol. The summed E-state index contributed by atoms with van der Waals surface area (Å²) in [6.07, 6.45) is 0.840. The van der Waals surface area contributed by atoms with Crippen molar-refractivity contribution >= 4 is 17.6 Å². The van der Waals surface area contributed by atoms with Crippen LogP contribution in [-0.2, 0) is 19.6 Å². The van der Waals surface area contributed by atoms with Crippen molar-refractivity contribution in [2.24, 2.45) is 0 Å². The maximum atomic E-state index is 11.2. The van der Waals surface area contributed by atoms with Gasteiger partial charge in [-0.1, -0.05) is 24.6 Å². The van der Waals surface area contributed by atoms with E-state index in [-0.39, 0.29) is 22.9 Å². The highest BCUT2D eigenvalue weighted by Crippen LogP contribution is 2.29. The number of rotatable bonds is 6. The molecule has 1 aromatic carbocycles. The highest BCUT2D eigenvalue weighted by atomic mass is 35.5. The van der Waals surface area contributed by atoms with Crippen LogP contribution in [-0.4, -0.2) is 20.9 Å². The van der Waals surface area contributed by atoms with E-state index in [0.717, 1.165) is 24.4 Å². The zero-order valence-corrected chi connectivity index (χ0v) is 12.7. The summed E-state index contributed by atoms with van der Waals surface area (Å²) >= 11 is 6.04. The average molecular weight is 309 g/mol. The molecule has 0 aliphatic heterocycles. The predicted molar refractivity (Wildman–Crippen MR) is 80.0 cm³/mol. The summed E-state index contributed by atoms with van der Waals surface area (Å²) in [5.74, 6) is -0.876. The fourth-order valence-electron chi connectivity index (χ4n) is 2.05. The lowest BCUT2D eigenvalue weighted by Crippen LogP contribution is -2.08. The summed E-state index contributed by atoms with van der Waals surface area (Å²) < 4.78 is 7.49. The Labute approximate surface area is 128 Å². The van der Waals surface area contributed by atoms with Crippen LogP contribution >= 0.6 is 11.6 Å². The fraction of sp³-hybridized carbons (Fsp3) is 0.333. The first-order valence-electron chi connectivity index (χ1n) is 6.77. The van der Waals surface area contributed by atoms with E-state index in [0.29, 0.717) is 0 Å². The van der Waals surface area contributed by atoms with Crippen molar-refractivity contribution in [2.45, 2.75) is 33.4 Å². The minimum atomic E-state index is -1.06. The first kappa shape index (κ1) is 15.4. The summed E-state index contributed by atoms with van der Waals surface area (Å²) in [4.78, 5) is 11.2. The minimum absolute atomic E-state index is 0.0563. The zero-order valence-electron chi connectivity index (χ0n) is 12.0. The molecule has 112 valence electrons. The molecule has 2 rings (SSSR count). The van der Waals surface area contributed by atoms with E-state index < -0.39 is 5.97 Å². The number of hydrogen-bond donors (Lipinski definition) is 1. The van der Waals surface area contributed by atoms with Crippen molar-refractivity contribution in [1.82, 2.24) is 9.78 Å². The second-order valence-electron chi connectivity index (χ2n) is 4.51. The lowest BCUT2D eigenvalue weighted by molar-refractivity contribution is 0.0691. The molecule has 1 aromatic heterocycles. The number of aromatic nitrogens is 2. The average Bonchev–Trinajstić information content (AvgIpc) is 2.88. The number of aromatic carboxylic acids is 1. The number of halogens is 1. The molecule has 0 saturated heterocycles. The summed E-state index contributed by atoms with van der Waals surface area (Å²) in [6.45, 7) is 4.98. The van der Waals surface area contributed by atoms with E-state index in [1.165, 1.54) is 6.07 Å². The van der Waals surface area contributed by atoms with Crippen LogP contribution in [0.3, 0.4) is 0 Å². The molecule has 0 bridgehead atoms. The molecule has 0 atom stereocenters. The molecular formula is C15H17ClN2O3. The van der Waals surface area contributed by atoms with Crippen molar-refractivity contribution in [3.8, 4) is 5.75 Å². The van der Waals surface area contributed by atoms with Crippen molar-refractivity contribution in [2.75, 3.05) is 0 Å². The van der Waals surface area contributed by atoms with Crippen molar-refractivity contribution < 1.29 is 14.6 Å². The number of benzene rings is 1. The van der Waals surface area contributed by atoms with E-state index in [1.54, 1.807) is 12.1 Å². The van der Waals surface area contributed by atoms with E-state index in [2.05, 4.69) is 5.10 Å². The molecule has 1 heterocycles. The van der Waals surface area contributed by atoms with E-state index in [1.807, 2.05) is 24.6 Å². The van der Waals surface area contributed by atoms with Crippen LogP contribution in [0.1, 0.15) is 35.6 Å². The fourth-order valence-corrected chi connectivity index (χ4v) is 2.28. The van der Waals surface area contributed by atoms with Gasteiger partial charge in [-0.3, -0.25) is 4.68 Å². The highest BCUT2D eigenvalue weighted by molar-refractivity contribution is 6.32. The summed E-state index contributed by atoms with van der Waals surface area (Å²) in [5, 5.41) is 13.9. The Bertz CT molecular complexity index is 652. The van der Waals surface area contributed by atoms with Gasteiger partial charge in [-0.25, -0.2) is 4.79 Å². The van der Waals surface area contributed by atoms with Gasteiger partial charge >= 0.3 is 5.97 Å². The van der Waals surface area contributed by atoms with Crippen molar-refractivity contribution in [3.63, 3.8) is 0 Å². The van der Waals surface area contributed by atoms with Crippen LogP contribution in [0, 0.1) is 0 Å². The molecule has 21 heavy (non-hydrogen) atoms. The summed E-state index contributed by atoms with van der Waals surface area (Å²) in [7, 11) is 0. The predicted octanol–water partition coefficient (Wildman–Crippen LogP) is 3.40. The molecule has 0 fully saturated rings. The number of nitrogens with zero attached hydrogens (tertiary/aromatic N) is 2. The zero-order chi connectivity index (χ0) is 15.4. The second kappa shape index (κ2) is 6.63. The van der Waals surface area contributed by atoms with Crippen LogP contribution in [0.2, 0.25) is 5.02 Å². The van der Waals surface area contributed by atoms with Gasteiger partial charge in [0, 0.05) is 6.54 Å². The molecule has 0 unspecified atom stereocenters. The molecule has 2 aromatic rings. The van der Waals surface area contributed by atoms with E-state index in [4.69, 9.17) is 16.3 Å². The van der Waals surface area contributed by atoms with Gasteiger partial charge in [0.15, 0.2) is 5.75 Å². The van der Waals surface area contributed by atoms with Crippen LogP contribution in [0.25, 0.3) is 0 Å². The molecule has 0 aliphatic carbocycles. The Morgan fingerprint density at radius 3 is 2.81 bits per heavy atom. The maximum Gasteiger partial charge on any atom is 0.339 e. The van der Waals surface area contributed by atoms with Gasteiger partial charge in [-0.15, -0.1) is 0 Å². The number of aryl methyl sites for hydroxylation is 2.